The number of nitrogens with one attached hydrogen (secondary N) is 1. The molecule has 1 aliphatic carbocycles. The maximum absolute atomic E-state index is 15.5. The van der Waals surface area contributed by atoms with Crippen LogP contribution < -0.4 is 5.32 Å². The summed E-state index contributed by atoms with van der Waals surface area (Å²) in [5.41, 5.74) is 6.08. The summed E-state index contributed by atoms with van der Waals surface area (Å²) in [7, 11) is 1.87. The molecule has 1 N–H and O–H groups in total. The lowest BCUT2D eigenvalue weighted by Gasteiger charge is -2.37. The van der Waals surface area contributed by atoms with Crippen molar-refractivity contribution in [1.29, 1.82) is 0 Å². The normalized spacial score (nSPS) is 16.6. The highest BCUT2D eigenvalue weighted by atomic mass is 35.5. The third kappa shape index (κ3) is 5.88. The molecule has 0 radical (unpaired) electrons. The highest BCUT2D eigenvalue weighted by Crippen LogP contribution is 2.60. The van der Waals surface area contributed by atoms with Gasteiger partial charge in [0, 0.05) is 66.4 Å². The van der Waals surface area contributed by atoms with Crippen molar-refractivity contribution in [2.75, 3.05) is 5.32 Å². The van der Waals surface area contributed by atoms with Gasteiger partial charge in [-0.1, -0.05) is 103 Å². The molecular formula is C45H35ClFN7O. The third-order valence-electron chi connectivity index (χ3n) is 10.8. The Bertz CT molecular complexity index is 2580. The van der Waals surface area contributed by atoms with Crippen LogP contribution in [0.2, 0.25) is 5.02 Å². The maximum Gasteiger partial charge on any atom is 0.229 e. The molecule has 10 heteroatoms. The summed E-state index contributed by atoms with van der Waals surface area (Å²) in [6.07, 6.45) is 12.5. The molecule has 270 valence electrons. The summed E-state index contributed by atoms with van der Waals surface area (Å²) >= 11 is 6.54. The van der Waals surface area contributed by atoms with Crippen molar-refractivity contribution in [2.24, 2.45) is 13.0 Å². The molecule has 1 aliphatic rings. The van der Waals surface area contributed by atoms with E-state index in [1.54, 1.807) is 29.2 Å². The summed E-state index contributed by atoms with van der Waals surface area (Å²) in [4.78, 5) is 28.0. The molecule has 4 heterocycles. The molecule has 1 saturated carbocycles. The van der Waals surface area contributed by atoms with Gasteiger partial charge in [0.15, 0.2) is 0 Å². The summed E-state index contributed by atoms with van der Waals surface area (Å²) in [5, 5.41) is 8.55. The van der Waals surface area contributed by atoms with Gasteiger partial charge in [0.2, 0.25) is 5.91 Å². The van der Waals surface area contributed by atoms with E-state index in [9.17, 15) is 4.79 Å². The van der Waals surface area contributed by atoms with Gasteiger partial charge in [-0.2, -0.15) is 5.10 Å². The van der Waals surface area contributed by atoms with Crippen LogP contribution in [0.4, 0.5) is 10.2 Å². The first-order chi connectivity index (χ1) is 26.8. The molecule has 4 aromatic heterocycles. The molecule has 0 saturated heterocycles. The second-order valence-corrected chi connectivity index (χ2v) is 14.4. The summed E-state index contributed by atoms with van der Waals surface area (Å²) in [5.74, 6) is -1.24. The molecule has 4 aromatic carbocycles. The number of carbonyl (C=O) groups is 1. The van der Waals surface area contributed by atoms with Crippen LogP contribution in [0.25, 0.3) is 21.9 Å². The fourth-order valence-electron chi connectivity index (χ4n) is 8.16. The predicted molar refractivity (Wildman–Crippen MR) is 212 cm³/mol. The van der Waals surface area contributed by atoms with Crippen molar-refractivity contribution >= 4 is 34.1 Å². The molecule has 1 amide bonds. The van der Waals surface area contributed by atoms with Crippen LogP contribution in [0.5, 0.6) is 0 Å². The average Bonchev–Trinajstić information content (AvgIpc) is 3.49. The Kier molecular flexibility index (Phi) is 8.58. The Morgan fingerprint density at radius 3 is 2.05 bits per heavy atom. The Labute approximate surface area is 322 Å². The van der Waals surface area contributed by atoms with Crippen LogP contribution in [0.15, 0.2) is 153 Å². The molecule has 1 fully saturated rings. The van der Waals surface area contributed by atoms with Crippen molar-refractivity contribution in [1.82, 2.24) is 29.3 Å². The summed E-state index contributed by atoms with van der Waals surface area (Å²) in [6.45, 7) is 1.89. The van der Waals surface area contributed by atoms with E-state index in [0.717, 1.165) is 33.5 Å². The number of halogens is 2. The first-order valence-electron chi connectivity index (χ1n) is 18.0. The van der Waals surface area contributed by atoms with Crippen molar-refractivity contribution < 1.29 is 9.18 Å². The lowest BCUT2D eigenvalue weighted by Crippen LogP contribution is -2.36. The van der Waals surface area contributed by atoms with E-state index in [1.807, 2.05) is 57.0 Å². The van der Waals surface area contributed by atoms with E-state index >= 15 is 4.39 Å². The van der Waals surface area contributed by atoms with Crippen molar-refractivity contribution in [3.8, 4) is 11.1 Å². The van der Waals surface area contributed by atoms with E-state index in [-0.39, 0.29) is 22.8 Å². The van der Waals surface area contributed by atoms with Crippen molar-refractivity contribution in [3.63, 3.8) is 0 Å². The number of hydrogen-bond acceptors (Lipinski definition) is 5. The molecule has 55 heavy (non-hydrogen) atoms. The quantitative estimate of drug-likeness (QED) is 0.149. The fraction of sp³-hybridized carbons (Fsp3) is 0.133. The minimum absolute atomic E-state index is 0.0341. The lowest BCUT2D eigenvalue weighted by atomic mass is 9.77. The van der Waals surface area contributed by atoms with Gasteiger partial charge in [0.05, 0.1) is 29.2 Å². The SMILES string of the molecule is Cc1ccncc1-c1cc2cc(NC(=O)C3C(c4cnn(C)c4)C3c3cn(C(c4ccccc4)(c4ccccc4)c4ccccc4)cn3)ncc2c(Cl)c1F. The van der Waals surface area contributed by atoms with Gasteiger partial charge >= 0.3 is 0 Å². The third-order valence-corrected chi connectivity index (χ3v) is 11.2. The maximum atomic E-state index is 15.5. The number of fused-ring (bicyclic) bond motifs is 1. The molecule has 9 rings (SSSR count). The van der Waals surface area contributed by atoms with Crippen LogP contribution in [0.3, 0.4) is 0 Å². The number of pyridine rings is 2. The Balaban J connectivity index is 1.10. The van der Waals surface area contributed by atoms with Crippen LogP contribution in [-0.2, 0) is 17.4 Å². The van der Waals surface area contributed by atoms with Gasteiger partial charge in [-0.3, -0.25) is 14.5 Å². The van der Waals surface area contributed by atoms with E-state index in [1.165, 1.54) is 6.20 Å². The highest BCUT2D eigenvalue weighted by molar-refractivity contribution is 6.36. The zero-order valence-electron chi connectivity index (χ0n) is 30.0. The molecule has 3 unspecified atom stereocenters. The van der Waals surface area contributed by atoms with Gasteiger partial charge in [0.25, 0.3) is 0 Å². The number of carbonyl (C=O) groups excluding carboxylic acids is 1. The topological polar surface area (TPSA) is 90.5 Å². The number of rotatable bonds is 9. The number of aromatic nitrogens is 6. The second kappa shape index (κ2) is 13.8. The van der Waals surface area contributed by atoms with Gasteiger partial charge in [-0.05, 0) is 58.3 Å². The first-order valence-corrected chi connectivity index (χ1v) is 18.4. The second-order valence-electron chi connectivity index (χ2n) is 14.1. The van der Waals surface area contributed by atoms with E-state index in [2.05, 4.69) is 104 Å². The molecule has 8 aromatic rings. The number of nitrogens with zero attached hydrogens (tertiary/aromatic N) is 6. The first kappa shape index (κ1) is 34.3. The number of benzene rings is 4. The Morgan fingerprint density at radius 1 is 0.800 bits per heavy atom. The Morgan fingerprint density at radius 2 is 1.45 bits per heavy atom. The van der Waals surface area contributed by atoms with Gasteiger partial charge in [-0.25, -0.2) is 14.4 Å². The number of anilines is 1. The molecule has 3 atom stereocenters. The zero-order chi connectivity index (χ0) is 37.7. The van der Waals surface area contributed by atoms with E-state index in [4.69, 9.17) is 16.6 Å². The number of amides is 1. The largest absolute Gasteiger partial charge is 0.319 e. The molecule has 0 bridgehead atoms. The summed E-state index contributed by atoms with van der Waals surface area (Å²) < 4.78 is 19.4. The smallest absolute Gasteiger partial charge is 0.229 e. The minimum Gasteiger partial charge on any atom is -0.319 e. The van der Waals surface area contributed by atoms with Crippen LogP contribution in [0, 0.1) is 18.7 Å². The summed E-state index contributed by atoms with van der Waals surface area (Å²) in [6, 6.07) is 36.5. The minimum atomic E-state index is -0.742. The van der Waals surface area contributed by atoms with E-state index < -0.39 is 17.3 Å². The predicted octanol–water partition coefficient (Wildman–Crippen LogP) is 9.30. The van der Waals surface area contributed by atoms with Crippen LogP contribution in [-0.4, -0.2) is 35.2 Å². The zero-order valence-corrected chi connectivity index (χ0v) is 30.8. The van der Waals surface area contributed by atoms with Crippen LogP contribution >= 0.6 is 11.6 Å². The lowest BCUT2D eigenvalue weighted by molar-refractivity contribution is -0.117. The molecule has 0 aliphatic heterocycles. The monoisotopic (exact) mass is 743 g/mol. The van der Waals surface area contributed by atoms with Gasteiger partial charge in [-0.15, -0.1) is 0 Å². The van der Waals surface area contributed by atoms with E-state index in [0.29, 0.717) is 27.7 Å². The molecule has 8 nitrogen and oxygen atoms in total. The van der Waals surface area contributed by atoms with Crippen molar-refractivity contribution in [2.45, 2.75) is 24.3 Å². The number of hydrogen-bond donors (Lipinski definition) is 1. The average molecular weight is 744 g/mol. The Hall–Kier alpha value is -6.45. The highest BCUT2D eigenvalue weighted by Gasteiger charge is 2.58. The van der Waals surface area contributed by atoms with Crippen molar-refractivity contribution in [3.05, 3.63) is 197 Å². The number of aryl methyl sites for hydroxylation is 2. The van der Waals surface area contributed by atoms with Gasteiger partial charge in [0.1, 0.15) is 17.2 Å². The standard InChI is InChI=1S/C45H35ClFN7O/c1-28-18-19-48-23-35(28)34-20-29-21-38(49-24-36(29)42(46)43(34)47)52-44(55)41-39(30-22-51-53(2)25-30)40(41)37-26-54(27-50-37)45(31-12-6-3-7-13-31,32-14-8-4-9-15-32)33-16-10-5-11-17-33/h3-27,39-41H,1-2H3,(H,49,52,55). The van der Waals surface area contributed by atoms with Crippen LogP contribution in [0.1, 0.15) is 45.3 Å². The molecular weight excluding hydrogens is 709 g/mol. The van der Waals surface area contributed by atoms with Gasteiger partial charge < -0.3 is 9.88 Å². The fourth-order valence-corrected chi connectivity index (χ4v) is 8.42. The molecule has 0 spiro atoms. The number of imidazole rings is 1.